The fraction of sp³-hybridized carbons (Fsp3) is 0.167. The van der Waals surface area contributed by atoms with E-state index in [0.717, 1.165) is 23.8 Å². The summed E-state index contributed by atoms with van der Waals surface area (Å²) < 4.78 is 0. The summed E-state index contributed by atoms with van der Waals surface area (Å²) in [6, 6.07) is 12.2. The van der Waals surface area contributed by atoms with Gasteiger partial charge in [-0.3, -0.25) is 19.3 Å². The fourth-order valence-corrected chi connectivity index (χ4v) is 2.76. The molecular weight excluding hydrogens is 278 g/mol. The van der Waals surface area contributed by atoms with Gasteiger partial charge in [0.1, 0.15) is 6.29 Å². The van der Waals surface area contributed by atoms with Gasteiger partial charge >= 0.3 is 0 Å². The molecule has 4 heteroatoms. The van der Waals surface area contributed by atoms with Crippen LogP contribution in [-0.2, 0) is 13.0 Å². The summed E-state index contributed by atoms with van der Waals surface area (Å²) in [4.78, 5) is 37.0. The highest BCUT2D eigenvalue weighted by atomic mass is 16.2. The molecule has 0 aromatic heterocycles. The van der Waals surface area contributed by atoms with E-state index in [2.05, 4.69) is 0 Å². The molecule has 0 atom stereocenters. The zero-order valence-electron chi connectivity index (χ0n) is 12.2. The van der Waals surface area contributed by atoms with Crippen LogP contribution in [0, 0.1) is 0 Å². The highest BCUT2D eigenvalue weighted by molar-refractivity contribution is 6.21. The Morgan fingerprint density at radius 2 is 1.59 bits per heavy atom. The number of aldehydes is 1. The number of nitrogens with zero attached hydrogens (tertiary/aromatic N) is 1. The van der Waals surface area contributed by atoms with Crippen LogP contribution >= 0.6 is 0 Å². The number of carbonyl (C=O) groups is 3. The lowest BCUT2D eigenvalue weighted by molar-refractivity contribution is 0.0642. The number of fused-ring (bicyclic) bond motifs is 1. The number of hydrogen-bond acceptors (Lipinski definition) is 3. The van der Waals surface area contributed by atoms with Gasteiger partial charge in [-0.25, -0.2) is 0 Å². The third kappa shape index (κ3) is 2.22. The Labute approximate surface area is 128 Å². The molecule has 2 aromatic carbocycles. The van der Waals surface area contributed by atoms with Crippen molar-refractivity contribution in [3.05, 3.63) is 70.3 Å². The van der Waals surface area contributed by atoms with E-state index in [-0.39, 0.29) is 18.4 Å². The standard InChI is InChI=1S/C18H15NO3/c1-2-13-8-7-12(11-20)9-14(13)10-19-17(21)15-5-3-4-6-16(15)18(19)22/h3-9,11H,2,10H2,1H3. The van der Waals surface area contributed by atoms with Gasteiger partial charge in [-0.1, -0.05) is 31.2 Å². The molecule has 0 saturated carbocycles. The van der Waals surface area contributed by atoms with Crippen molar-refractivity contribution < 1.29 is 14.4 Å². The Hall–Kier alpha value is -2.75. The maximum Gasteiger partial charge on any atom is 0.261 e. The van der Waals surface area contributed by atoms with E-state index in [1.165, 1.54) is 4.90 Å². The minimum atomic E-state index is -0.279. The van der Waals surface area contributed by atoms with Gasteiger partial charge in [0.15, 0.2) is 0 Å². The number of amides is 2. The molecule has 0 spiro atoms. The quantitative estimate of drug-likeness (QED) is 0.643. The number of hydrogen-bond donors (Lipinski definition) is 0. The van der Waals surface area contributed by atoms with Crippen LogP contribution < -0.4 is 0 Å². The van der Waals surface area contributed by atoms with E-state index < -0.39 is 0 Å². The molecular formula is C18H15NO3. The molecule has 0 N–H and O–H groups in total. The van der Waals surface area contributed by atoms with Crippen molar-refractivity contribution in [3.63, 3.8) is 0 Å². The first-order chi connectivity index (χ1) is 10.7. The van der Waals surface area contributed by atoms with Crippen LogP contribution in [0.1, 0.15) is 49.1 Å². The Morgan fingerprint density at radius 3 is 2.14 bits per heavy atom. The van der Waals surface area contributed by atoms with Crippen molar-refractivity contribution in [1.82, 2.24) is 4.90 Å². The topological polar surface area (TPSA) is 54.5 Å². The average Bonchev–Trinajstić information content (AvgIpc) is 2.80. The van der Waals surface area contributed by atoms with Crippen molar-refractivity contribution >= 4 is 18.1 Å². The second kappa shape index (κ2) is 5.56. The van der Waals surface area contributed by atoms with Gasteiger partial charge in [-0.15, -0.1) is 0 Å². The van der Waals surface area contributed by atoms with Gasteiger partial charge in [-0.2, -0.15) is 0 Å². The van der Waals surface area contributed by atoms with Crippen molar-refractivity contribution in [3.8, 4) is 0 Å². The summed E-state index contributed by atoms with van der Waals surface area (Å²) in [5.74, 6) is -0.557. The summed E-state index contributed by atoms with van der Waals surface area (Å²) in [5, 5.41) is 0. The van der Waals surface area contributed by atoms with Gasteiger partial charge < -0.3 is 0 Å². The average molecular weight is 293 g/mol. The van der Waals surface area contributed by atoms with E-state index in [4.69, 9.17) is 0 Å². The van der Waals surface area contributed by atoms with Crippen LogP contribution in [0.15, 0.2) is 42.5 Å². The summed E-state index contributed by atoms with van der Waals surface area (Å²) >= 11 is 0. The van der Waals surface area contributed by atoms with Gasteiger partial charge in [0.25, 0.3) is 11.8 Å². The van der Waals surface area contributed by atoms with Crippen LogP contribution in [0.3, 0.4) is 0 Å². The first-order valence-corrected chi connectivity index (χ1v) is 7.18. The van der Waals surface area contributed by atoms with E-state index in [1.54, 1.807) is 36.4 Å². The largest absolute Gasteiger partial charge is 0.298 e. The minimum absolute atomic E-state index is 0.192. The molecule has 0 saturated heterocycles. The molecule has 1 aliphatic heterocycles. The monoisotopic (exact) mass is 293 g/mol. The first kappa shape index (κ1) is 14.2. The third-order valence-corrected chi connectivity index (χ3v) is 3.95. The second-order valence-corrected chi connectivity index (χ2v) is 5.24. The van der Waals surface area contributed by atoms with Crippen molar-refractivity contribution in [2.75, 3.05) is 0 Å². The molecule has 2 aromatic rings. The maximum absolute atomic E-state index is 12.4. The predicted octanol–water partition coefficient (Wildman–Crippen LogP) is 2.86. The molecule has 2 amide bonds. The molecule has 1 heterocycles. The van der Waals surface area contributed by atoms with Crippen molar-refractivity contribution in [2.24, 2.45) is 0 Å². The summed E-state index contributed by atoms with van der Waals surface area (Å²) in [7, 11) is 0. The molecule has 22 heavy (non-hydrogen) atoms. The molecule has 1 aliphatic rings. The third-order valence-electron chi connectivity index (χ3n) is 3.95. The van der Waals surface area contributed by atoms with Crippen LogP contribution in [0.25, 0.3) is 0 Å². The fourth-order valence-electron chi connectivity index (χ4n) is 2.76. The lowest BCUT2D eigenvalue weighted by Gasteiger charge is -2.16. The molecule has 0 radical (unpaired) electrons. The lowest BCUT2D eigenvalue weighted by Crippen LogP contribution is -2.29. The molecule has 0 aliphatic carbocycles. The van der Waals surface area contributed by atoms with E-state index in [1.807, 2.05) is 13.0 Å². The van der Waals surface area contributed by atoms with Gasteiger partial charge in [-0.05, 0) is 35.7 Å². The molecule has 4 nitrogen and oxygen atoms in total. The predicted molar refractivity (Wildman–Crippen MR) is 81.9 cm³/mol. The molecule has 0 bridgehead atoms. The van der Waals surface area contributed by atoms with Crippen molar-refractivity contribution in [2.45, 2.75) is 19.9 Å². The molecule has 3 rings (SSSR count). The van der Waals surface area contributed by atoms with E-state index in [0.29, 0.717) is 16.7 Å². The van der Waals surface area contributed by atoms with Crippen LogP contribution in [0.2, 0.25) is 0 Å². The molecule has 0 unspecified atom stereocenters. The number of imide groups is 1. The minimum Gasteiger partial charge on any atom is -0.298 e. The molecule has 0 fully saturated rings. The number of benzene rings is 2. The van der Waals surface area contributed by atoms with Gasteiger partial charge in [0, 0.05) is 5.56 Å². The summed E-state index contributed by atoms with van der Waals surface area (Å²) in [5.41, 5.74) is 3.29. The highest BCUT2D eigenvalue weighted by Gasteiger charge is 2.35. The highest BCUT2D eigenvalue weighted by Crippen LogP contribution is 2.25. The zero-order valence-corrected chi connectivity index (χ0v) is 12.2. The zero-order chi connectivity index (χ0) is 15.7. The van der Waals surface area contributed by atoms with Gasteiger partial charge in [0.05, 0.1) is 17.7 Å². The Balaban J connectivity index is 1.97. The van der Waals surface area contributed by atoms with Crippen molar-refractivity contribution in [1.29, 1.82) is 0 Å². The maximum atomic E-state index is 12.4. The summed E-state index contributed by atoms with van der Waals surface area (Å²) in [6.07, 6.45) is 1.54. The second-order valence-electron chi connectivity index (χ2n) is 5.24. The lowest BCUT2D eigenvalue weighted by atomic mass is 10.0. The Kier molecular flexibility index (Phi) is 3.59. The smallest absolute Gasteiger partial charge is 0.261 e. The number of aryl methyl sites for hydroxylation is 1. The molecule has 110 valence electrons. The van der Waals surface area contributed by atoms with Crippen LogP contribution in [-0.4, -0.2) is 23.0 Å². The number of rotatable bonds is 4. The van der Waals surface area contributed by atoms with E-state index in [9.17, 15) is 14.4 Å². The SMILES string of the molecule is CCc1ccc(C=O)cc1CN1C(=O)c2ccccc2C1=O. The van der Waals surface area contributed by atoms with Crippen LogP contribution in [0.4, 0.5) is 0 Å². The van der Waals surface area contributed by atoms with E-state index >= 15 is 0 Å². The Morgan fingerprint density at radius 1 is 0.955 bits per heavy atom. The Bertz CT molecular complexity index is 745. The first-order valence-electron chi connectivity index (χ1n) is 7.18. The normalized spacial score (nSPS) is 13.4. The van der Waals surface area contributed by atoms with Crippen LogP contribution in [0.5, 0.6) is 0 Å². The van der Waals surface area contributed by atoms with Gasteiger partial charge in [0.2, 0.25) is 0 Å². The number of carbonyl (C=O) groups excluding carboxylic acids is 3. The summed E-state index contributed by atoms with van der Waals surface area (Å²) in [6.45, 7) is 2.19.